The molecule has 4 rings (SSSR count). The minimum Gasteiger partial charge on any atom is -0.350 e. The Bertz CT molecular complexity index is 849. The van der Waals surface area contributed by atoms with Crippen LogP contribution in [0.1, 0.15) is 35.1 Å². The van der Waals surface area contributed by atoms with Crippen molar-refractivity contribution in [2.45, 2.75) is 31.8 Å². The normalized spacial score (nSPS) is 19.7. The third-order valence-electron chi connectivity index (χ3n) is 4.25. The summed E-state index contributed by atoms with van der Waals surface area (Å²) >= 11 is 0. The molecule has 7 nitrogen and oxygen atoms in total. The molecule has 24 heavy (non-hydrogen) atoms. The highest BCUT2D eigenvalue weighted by atomic mass is 16.5. The highest BCUT2D eigenvalue weighted by Crippen LogP contribution is 2.31. The summed E-state index contributed by atoms with van der Waals surface area (Å²) in [5, 5.41) is 15.0. The van der Waals surface area contributed by atoms with Gasteiger partial charge in [-0.2, -0.15) is 0 Å². The first-order valence-electron chi connectivity index (χ1n) is 7.90. The minimum atomic E-state index is -0.233. The van der Waals surface area contributed by atoms with Crippen molar-refractivity contribution in [2.24, 2.45) is 0 Å². The van der Waals surface area contributed by atoms with Gasteiger partial charge in [0.15, 0.2) is 0 Å². The molecule has 1 saturated carbocycles. The van der Waals surface area contributed by atoms with E-state index in [4.69, 9.17) is 4.52 Å². The zero-order valence-corrected chi connectivity index (χ0v) is 13.2. The van der Waals surface area contributed by atoms with Crippen molar-refractivity contribution in [3.63, 3.8) is 0 Å². The lowest BCUT2D eigenvalue weighted by molar-refractivity contribution is 0.0850. The molecule has 0 atom stereocenters. The Morgan fingerprint density at radius 2 is 2.08 bits per heavy atom. The minimum absolute atomic E-state index is 0.122. The second-order valence-corrected chi connectivity index (χ2v) is 6.08. The van der Waals surface area contributed by atoms with E-state index in [1.54, 1.807) is 6.07 Å². The molecule has 0 spiro atoms. The fourth-order valence-electron chi connectivity index (χ4n) is 2.85. The van der Waals surface area contributed by atoms with Crippen LogP contribution in [0.5, 0.6) is 0 Å². The summed E-state index contributed by atoms with van der Waals surface area (Å²) in [4.78, 5) is 12.3. The van der Waals surface area contributed by atoms with E-state index >= 15 is 0 Å². The maximum Gasteiger partial charge on any atom is 0.290 e. The number of amides is 1. The number of hydrogen-bond donors (Lipinski definition) is 1. The molecule has 0 aliphatic heterocycles. The Morgan fingerprint density at radius 1 is 1.29 bits per heavy atom. The molecule has 1 aliphatic carbocycles. The van der Waals surface area contributed by atoms with Crippen LogP contribution in [0.3, 0.4) is 0 Å². The molecule has 1 aliphatic rings. The molecule has 122 valence electrons. The highest BCUT2D eigenvalue weighted by molar-refractivity contribution is 5.92. The molecule has 2 heterocycles. The Kier molecular flexibility index (Phi) is 3.60. The number of hydrogen-bond acceptors (Lipinski definition) is 5. The number of nitrogens with one attached hydrogen (secondary N) is 1. The Balaban J connectivity index is 1.35. The molecule has 7 heteroatoms. The molecular formula is C17H17N5O2. The van der Waals surface area contributed by atoms with Gasteiger partial charge in [0, 0.05) is 23.9 Å². The third-order valence-corrected chi connectivity index (χ3v) is 4.25. The van der Waals surface area contributed by atoms with Gasteiger partial charge in [-0.05, 0) is 19.8 Å². The maximum atomic E-state index is 12.3. The first kappa shape index (κ1) is 14.6. The van der Waals surface area contributed by atoms with E-state index in [1.165, 1.54) is 0 Å². The van der Waals surface area contributed by atoms with Gasteiger partial charge in [0.05, 0.1) is 11.7 Å². The molecule has 0 bridgehead atoms. The smallest absolute Gasteiger partial charge is 0.290 e. The van der Waals surface area contributed by atoms with Gasteiger partial charge in [-0.1, -0.05) is 40.7 Å². The summed E-state index contributed by atoms with van der Waals surface area (Å²) in [6.07, 6.45) is 3.60. The number of carbonyl (C=O) groups excluding carboxylic acids is 1. The molecule has 1 N–H and O–H groups in total. The standard InChI is InChI=1S/C17H17N5O2/c1-11-10-22(21-19-11)14-7-13(8-14)18-17(23)16-9-15(20-24-16)12-5-3-2-4-6-12/h2-6,9-10,13-14H,7-8H2,1H3,(H,18,23). The Morgan fingerprint density at radius 3 is 2.79 bits per heavy atom. The van der Waals surface area contributed by atoms with E-state index in [9.17, 15) is 4.79 Å². The summed E-state index contributed by atoms with van der Waals surface area (Å²) < 4.78 is 7.04. The largest absolute Gasteiger partial charge is 0.350 e. The lowest BCUT2D eigenvalue weighted by Gasteiger charge is -2.35. The molecule has 0 unspecified atom stereocenters. The second kappa shape index (κ2) is 5.92. The van der Waals surface area contributed by atoms with Crippen molar-refractivity contribution in [1.82, 2.24) is 25.5 Å². The quantitative estimate of drug-likeness (QED) is 0.796. The molecule has 3 aromatic rings. The molecule has 1 aromatic carbocycles. The number of benzene rings is 1. The average molecular weight is 323 g/mol. The van der Waals surface area contributed by atoms with Gasteiger partial charge < -0.3 is 9.84 Å². The fourth-order valence-corrected chi connectivity index (χ4v) is 2.85. The lowest BCUT2D eigenvalue weighted by Crippen LogP contribution is -2.45. The summed E-state index contributed by atoms with van der Waals surface area (Å²) in [5.74, 6) is -0.00296. The number of aryl methyl sites for hydroxylation is 1. The van der Waals surface area contributed by atoms with Crippen molar-refractivity contribution in [2.75, 3.05) is 0 Å². The zero-order valence-electron chi connectivity index (χ0n) is 13.2. The van der Waals surface area contributed by atoms with Crippen LogP contribution in [0.15, 0.2) is 47.1 Å². The number of rotatable bonds is 4. The van der Waals surface area contributed by atoms with E-state index < -0.39 is 0 Å². The van der Waals surface area contributed by atoms with E-state index in [1.807, 2.05) is 48.1 Å². The number of carbonyl (C=O) groups is 1. The van der Waals surface area contributed by atoms with Crippen LogP contribution in [-0.2, 0) is 0 Å². The van der Waals surface area contributed by atoms with Crippen molar-refractivity contribution in [3.8, 4) is 11.3 Å². The topological polar surface area (TPSA) is 85.8 Å². The van der Waals surface area contributed by atoms with E-state index in [-0.39, 0.29) is 17.7 Å². The molecule has 0 radical (unpaired) electrons. The molecule has 0 saturated heterocycles. The Labute approximate surface area is 138 Å². The summed E-state index contributed by atoms with van der Waals surface area (Å²) in [7, 11) is 0. The summed E-state index contributed by atoms with van der Waals surface area (Å²) in [6.45, 7) is 1.91. The zero-order chi connectivity index (χ0) is 16.5. The van der Waals surface area contributed by atoms with Gasteiger partial charge in [0.2, 0.25) is 5.76 Å². The van der Waals surface area contributed by atoms with E-state index in [0.717, 1.165) is 24.1 Å². The van der Waals surface area contributed by atoms with Gasteiger partial charge in [0.1, 0.15) is 5.69 Å². The predicted molar refractivity (Wildman–Crippen MR) is 86.2 cm³/mol. The predicted octanol–water partition coefficient (Wildman–Crippen LogP) is 2.38. The fraction of sp³-hybridized carbons (Fsp3) is 0.294. The molecule has 2 aromatic heterocycles. The summed E-state index contributed by atoms with van der Waals surface area (Å²) in [6, 6.07) is 11.7. The lowest BCUT2D eigenvalue weighted by atomic mass is 9.87. The van der Waals surface area contributed by atoms with Crippen molar-refractivity contribution < 1.29 is 9.32 Å². The number of aromatic nitrogens is 4. The first-order valence-corrected chi connectivity index (χ1v) is 7.90. The van der Waals surface area contributed by atoms with Crippen molar-refractivity contribution in [1.29, 1.82) is 0 Å². The van der Waals surface area contributed by atoms with Crippen LogP contribution in [-0.4, -0.2) is 32.1 Å². The van der Waals surface area contributed by atoms with Crippen LogP contribution >= 0.6 is 0 Å². The van der Waals surface area contributed by atoms with Crippen LogP contribution in [0.25, 0.3) is 11.3 Å². The van der Waals surface area contributed by atoms with E-state index in [0.29, 0.717) is 11.7 Å². The van der Waals surface area contributed by atoms with Gasteiger partial charge >= 0.3 is 0 Å². The van der Waals surface area contributed by atoms with Crippen LogP contribution < -0.4 is 5.32 Å². The molecular weight excluding hydrogens is 306 g/mol. The summed E-state index contributed by atoms with van der Waals surface area (Å²) in [5.41, 5.74) is 2.48. The van der Waals surface area contributed by atoms with Crippen LogP contribution in [0.2, 0.25) is 0 Å². The molecule has 1 fully saturated rings. The van der Waals surface area contributed by atoms with Gasteiger partial charge in [0.25, 0.3) is 5.91 Å². The monoisotopic (exact) mass is 323 g/mol. The SMILES string of the molecule is Cc1cn(C2CC(NC(=O)c3cc(-c4ccccc4)no3)C2)nn1. The second-order valence-electron chi connectivity index (χ2n) is 6.08. The molecule has 1 amide bonds. The maximum absolute atomic E-state index is 12.3. The third kappa shape index (κ3) is 2.80. The first-order chi connectivity index (χ1) is 11.7. The average Bonchev–Trinajstić information content (AvgIpc) is 3.20. The Hall–Kier alpha value is -2.96. The van der Waals surface area contributed by atoms with E-state index in [2.05, 4.69) is 20.8 Å². The number of nitrogens with zero attached hydrogens (tertiary/aromatic N) is 4. The van der Waals surface area contributed by atoms with Gasteiger partial charge in [-0.15, -0.1) is 5.10 Å². The van der Waals surface area contributed by atoms with Crippen molar-refractivity contribution in [3.05, 3.63) is 54.0 Å². The van der Waals surface area contributed by atoms with Crippen LogP contribution in [0.4, 0.5) is 0 Å². The van der Waals surface area contributed by atoms with Gasteiger partial charge in [-0.25, -0.2) is 4.68 Å². The van der Waals surface area contributed by atoms with Gasteiger partial charge in [-0.3, -0.25) is 4.79 Å². The van der Waals surface area contributed by atoms with Crippen molar-refractivity contribution >= 4 is 5.91 Å². The highest BCUT2D eigenvalue weighted by Gasteiger charge is 2.33. The van der Waals surface area contributed by atoms with Crippen LogP contribution in [0, 0.1) is 6.92 Å².